The van der Waals surface area contributed by atoms with Crippen LogP contribution in [0.25, 0.3) is 0 Å². The first-order chi connectivity index (χ1) is 8.63. The smallest absolute Gasteiger partial charge is 0.0897 e. The largest absolute Gasteiger partial charge is 0.309 e. The lowest BCUT2D eigenvalue weighted by molar-refractivity contribution is 0.211. The van der Waals surface area contributed by atoms with E-state index in [0.29, 0.717) is 6.04 Å². The number of thiazole rings is 1. The Labute approximate surface area is 114 Å². The van der Waals surface area contributed by atoms with E-state index < -0.39 is 0 Å². The van der Waals surface area contributed by atoms with Gasteiger partial charge in [-0.1, -0.05) is 12.2 Å². The van der Waals surface area contributed by atoms with Gasteiger partial charge in [-0.3, -0.25) is 4.90 Å². The zero-order valence-electron chi connectivity index (χ0n) is 11.4. The molecule has 3 nitrogen and oxygen atoms in total. The van der Waals surface area contributed by atoms with Gasteiger partial charge in [0.15, 0.2) is 0 Å². The summed E-state index contributed by atoms with van der Waals surface area (Å²) < 4.78 is 0. The molecule has 0 radical (unpaired) electrons. The second kappa shape index (κ2) is 6.45. The van der Waals surface area contributed by atoms with Crippen LogP contribution in [0, 0.1) is 6.92 Å². The predicted octanol–water partition coefficient (Wildman–Crippen LogP) is 2.58. The maximum absolute atomic E-state index is 4.29. The third-order valence-corrected chi connectivity index (χ3v) is 4.23. The highest BCUT2D eigenvalue weighted by molar-refractivity contribution is 7.11. The molecule has 0 amide bonds. The quantitative estimate of drug-likeness (QED) is 0.829. The molecule has 0 unspecified atom stereocenters. The van der Waals surface area contributed by atoms with E-state index in [1.54, 1.807) is 11.3 Å². The van der Waals surface area contributed by atoms with Crippen molar-refractivity contribution in [2.75, 3.05) is 19.6 Å². The number of nitrogens with zero attached hydrogens (tertiary/aromatic N) is 2. The predicted molar refractivity (Wildman–Crippen MR) is 78.0 cm³/mol. The number of nitrogens with one attached hydrogen (secondary N) is 1. The van der Waals surface area contributed by atoms with Crippen molar-refractivity contribution in [2.45, 2.75) is 39.3 Å². The molecule has 0 saturated carbocycles. The molecule has 0 bridgehead atoms. The van der Waals surface area contributed by atoms with Crippen LogP contribution in [0.5, 0.6) is 0 Å². The van der Waals surface area contributed by atoms with Gasteiger partial charge in [-0.05, 0) is 39.8 Å². The van der Waals surface area contributed by atoms with Crippen LogP contribution in [0.15, 0.2) is 18.3 Å². The molecule has 1 saturated heterocycles. The highest BCUT2D eigenvalue weighted by atomic mass is 32.1. The molecule has 100 valence electrons. The molecule has 0 aliphatic carbocycles. The molecule has 2 rings (SSSR count). The van der Waals surface area contributed by atoms with E-state index in [4.69, 9.17) is 0 Å². The first kappa shape index (κ1) is 13.7. The van der Waals surface area contributed by atoms with E-state index in [1.807, 2.05) is 6.20 Å². The molecular formula is C14H23N3S. The Morgan fingerprint density at radius 3 is 2.83 bits per heavy atom. The maximum atomic E-state index is 4.29. The average molecular weight is 265 g/mol. The minimum atomic E-state index is 0.661. The third kappa shape index (κ3) is 4.19. The zero-order chi connectivity index (χ0) is 13.0. The third-order valence-electron chi connectivity index (χ3n) is 3.32. The summed E-state index contributed by atoms with van der Waals surface area (Å²) in [6, 6.07) is 0.661. The van der Waals surface area contributed by atoms with E-state index in [2.05, 4.69) is 35.6 Å². The lowest BCUT2D eigenvalue weighted by Crippen LogP contribution is -2.42. The molecule has 1 aliphatic rings. The van der Waals surface area contributed by atoms with Crippen LogP contribution < -0.4 is 5.32 Å². The Hall–Kier alpha value is -0.710. The van der Waals surface area contributed by atoms with Crippen molar-refractivity contribution < 1.29 is 0 Å². The summed E-state index contributed by atoms with van der Waals surface area (Å²) in [5.41, 5.74) is 1.27. The monoisotopic (exact) mass is 265 g/mol. The van der Waals surface area contributed by atoms with Crippen LogP contribution >= 0.6 is 11.3 Å². The number of likely N-dealkylation sites (tertiary alicyclic amines) is 1. The second-order valence-electron chi connectivity index (χ2n) is 5.23. The molecule has 1 N–H and O–H groups in total. The topological polar surface area (TPSA) is 28.2 Å². The van der Waals surface area contributed by atoms with Crippen LogP contribution in [0.4, 0.5) is 0 Å². The number of piperidine rings is 1. The minimum Gasteiger partial charge on any atom is -0.309 e. The molecule has 1 fully saturated rings. The molecule has 18 heavy (non-hydrogen) atoms. The maximum Gasteiger partial charge on any atom is 0.0897 e. The molecule has 1 aromatic heterocycles. The van der Waals surface area contributed by atoms with Gasteiger partial charge in [0, 0.05) is 30.2 Å². The molecule has 0 atom stereocenters. The van der Waals surface area contributed by atoms with E-state index in [0.717, 1.165) is 18.1 Å². The summed E-state index contributed by atoms with van der Waals surface area (Å²) >= 11 is 1.79. The van der Waals surface area contributed by atoms with Gasteiger partial charge in [-0.25, -0.2) is 4.98 Å². The normalized spacial score (nSPS) is 18.1. The van der Waals surface area contributed by atoms with Crippen LogP contribution in [0.1, 0.15) is 29.7 Å². The van der Waals surface area contributed by atoms with Crippen molar-refractivity contribution in [3.8, 4) is 0 Å². The Bertz CT molecular complexity index is 391. The Morgan fingerprint density at radius 1 is 1.56 bits per heavy atom. The molecule has 4 heteroatoms. The first-order valence-corrected chi connectivity index (χ1v) is 7.46. The van der Waals surface area contributed by atoms with Crippen molar-refractivity contribution in [1.29, 1.82) is 0 Å². The van der Waals surface area contributed by atoms with Crippen LogP contribution in [-0.4, -0.2) is 35.6 Å². The van der Waals surface area contributed by atoms with Gasteiger partial charge < -0.3 is 5.32 Å². The fraction of sp³-hybridized carbons (Fsp3) is 0.643. The molecule has 1 aliphatic heterocycles. The van der Waals surface area contributed by atoms with E-state index in [-0.39, 0.29) is 0 Å². The number of rotatable bonds is 5. The van der Waals surface area contributed by atoms with Gasteiger partial charge in [-0.2, -0.15) is 0 Å². The molecule has 0 spiro atoms. The number of aromatic nitrogens is 1. The van der Waals surface area contributed by atoms with Gasteiger partial charge in [0.25, 0.3) is 0 Å². The molecular weight excluding hydrogens is 242 g/mol. The van der Waals surface area contributed by atoms with Gasteiger partial charge in [0.05, 0.1) is 5.01 Å². The van der Waals surface area contributed by atoms with Crippen molar-refractivity contribution in [1.82, 2.24) is 15.2 Å². The lowest BCUT2D eigenvalue weighted by Gasteiger charge is -2.32. The Kier molecular flexibility index (Phi) is 4.92. The van der Waals surface area contributed by atoms with Gasteiger partial charge in [0.1, 0.15) is 0 Å². The summed E-state index contributed by atoms with van der Waals surface area (Å²) in [5, 5.41) is 4.80. The summed E-state index contributed by atoms with van der Waals surface area (Å²) in [4.78, 5) is 8.13. The molecule has 0 aromatic carbocycles. The van der Waals surface area contributed by atoms with Crippen LogP contribution in [-0.2, 0) is 6.54 Å². The molecule has 2 heterocycles. The summed E-state index contributed by atoms with van der Waals surface area (Å²) in [5.74, 6) is 0. The summed E-state index contributed by atoms with van der Waals surface area (Å²) in [6.07, 6.45) is 4.47. The van der Waals surface area contributed by atoms with Crippen molar-refractivity contribution in [2.24, 2.45) is 0 Å². The highest BCUT2D eigenvalue weighted by Crippen LogP contribution is 2.14. The average Bonchev–Trinajstić information content (AvgIpc) is 2.74. The van der Waals surface area contributed by atoms with Crippen LogP contribution in [0.3, 0.4) is 0 Å². The minimum absolute atomic E-state index is 0.661. The fourth-order valence-corrected chi connectivity index (χ4v) is 3.15. The van der Waals surface area contributed by atoms with Crippen molar-refractivity contribution in [3.05, 3.63) is 28.2 Å². The van der Waals surface area contributed by atoms with Gasteiger partial charge in [-0.15, -0.1) is 11.3 Å². The molecule has 1 aromatic rings. The lowest BCUT2D eigenvalue weighted by atomic mass is 10.0. The summed E-state index contributed by atoms with van der Waals surface area (Å²) in [7, 11) is 0. The standard InChI is InChI=1S/C14H23N3S/c1-11(2)10-17-6-4-13(5-7-17)16-9-14-8-15-12(3)18-14/h8,13,16H,1,4-7,9-10H2,2-3H3. The van der Waals surface area contributed by atoms with E-state index in [1.165, 1.54) is 36.4 Å². The fourth-order valence-electron chi connectivity index (χ4n) is 2.41. The van der Waals surface area contributed by atoms with Crippen molar-refractivity contribution in [3.63, 3.8) is 0 Å². The summed E-state index contributed by atoms with van der Waals surface area (Å²) in [6.45, 7) is 12.5. The van der Waals surface area contributed by atoms with E-state index >= 15 is 0 Å². The van der Waals surface area contributed by atoms with Crippen LogP contribution in [0.2, 0.25) is 0 Å². The van der Waals surface area contributed by atoms with Gasteiger partial charge in [0.2, 0.25) is 0 Å². The number of hydrogen-bond donors (Lipinski definition) is 1. The highest BCUT2D eigenvalue weighted by Gasteiger charge is 2.18. The van der Waals surface area contributed by atoms with E-state index in [9.17, 15) is 0 Å². The second-order valence-corrected chi connectivity index (χ2v) is 6.55. The SMILES string of the molecule is C=C(C)CN1CCC(NCc2cnc(C)s2)CC1. The van der Waals surface area contributed by atoms with Gasteiger partial charge >= 0.3 is 0 Å². The zero-order valence-corrected chi connectivity index (χ0v) is 12.2. The first-order valence-electron chi connectivity index (χ1n) is 6.65. The Morgan fingerprint density at radius 2 is 2.28 bits per heavy atom. The number of hydrogen-bond acceptors (Lipinski definition) is 4. The Balaban J connectivity index is 1.69. The number of aryl methyl sites for hydroxylation is 1. The van der Waals surface area contributed by atoms with Crippen molar-refractivity contribution >= 4 is 11.3 Å².